The zero-order chi connectivity index (χ0) is 17.8. The maximum atomic E-state index is 12.4. The number of Topliss-reactive ketones (excluding diaryl/α,β-unsaturated/α-hetero) is 1. The van der Waals surface area contributed by atoms with Crippen molar-refractivity contribution in [2.75, 3.05) is 0 Å². The molecule has 0 aliphatic carbocycles. The van der Waals surface area contributed by atoms with E-state index >= 15 is 0 Å². The van der Waals surface area contributed by atoms with Crippen LogP contribution < -0.4 is 0 Å². The maximum Gasteiger partial charge on any atom is 0.141 e. The van der Waals surface area contributed by atoms with Gasteiger partial charge in [-0.25, -0.2) is 0 Å². The number of nitrogens with zero attached hydrogens (tertiary/aromatic N) is 1. The number of carbonyl (C=O) groups is 1. The zero-order valence-electron chi connectivity index (χ0n) is 14.4. The van der Waals surface area contributed by atoms with Crippen LogP contribution in [-0.4, -0.2) is 10.8 Å². The molecule has 0 fully saturated rings. The molecule has 0 unspecified atom stereocenters. The summed E-state index contributed by atoms with van der Waals surface area (Å²) in [5.74, 6) is 0.192. The van der Waals surface area contributed by atoms with Crippen molar-refractivity contribution in [1.29, 1.82) is 0 Å². The molecule has 1 heterocycles. The second-order valence-corrected chi connectivity index (χ2v) is 6.78. The van der Waals surface area contributed by atoms with Crippen molar-refractivity contribution in [3.63, 3.8) is 0 Å². The molecule has 3 aromatic rings. The molecule has 0 aliphatic heterocycles. The second-order valence-electron chi connectivity index (χ2n) is 6.35. The highest BCUT2D eigenvalue weighted by Gasteiger charge is 2.08. The third-order valence-electron chi connectivity index (χ3n) is 4.28. The Balaban J connectivity index is 1.69. The molecule has 25 heavy (non-hydrogen) atoms. The molecule has 126 valence electrons. The number of aromatic nitrogens is 1. The molecule has 3 heteroatoms. The van der Waals surface area contributed by atoms with E-state index in [1.165, 1.54) is 0 Å². The number of hydrogen-bond acceptors (Lipinski definition) is 2. The number of benzene rings is 2. The number of ketones is 1. The monoisotopic (exact) mass is 349 g/mol. The first-order valence-corrected chi connectivity index (χ1v) is 8.68. The van der Waals surface area contributed by atoms with Crippen LogP contribution in [0, 0.1) is 13.8 Å². The van der Waals surface area contributed by atoms with E-state index in [0.29, 0.717) is 17.9 Å². The minimum Gasteiger partial charge on any atom is -0.299 e. The molecule has 0 aliphatic rings. The number of rotatable bonds is 5. The fourth-order valence-corrected chi connectivity index (χ4v) is 3.07. The molecule has 0 amide bonds. The van der Waals surface area contributed by atoms with Crippen LogP contribution in [0.25, 0.3) is 11.1 Å². The van der Waals surface area contributed by atoms with Crippen molar-refractivity contribution < 1.29 is 4.79 Å². The summed E-state index contributed by atoms with van der Waals surface area (Å²) in [5.41, 5.74) is 6.39. The van der Waals surface area contributed by atoms with Crippen molar-refractivity contribution in [3.05, 3.63) is 88.2 Å². The molecule has 1 aromatic heterocycles. The second kappa shape index (κ2) is 7.62. The quantitative estimate of drug-likeness (QED) is 0.619. The van der Waals surface area contributed by atoms with Gasteiger partial charge in [0.25, 0.3) is 0 Å². The molecule has 0 bridgehead atoms. The van der Waals surface area contributed by atoms with Gasteiger partial charge < -0.3 is 0 Å². The van der Waals surface area contributed by atoms with Gasteiger partial charge in [0.15, 0.2) is 0 Å². The van der Waals surface area contributed by atoms with Crippen LogP contribution in [0.3, 0.4) is 0 Å². The normalized spacial score (nSPS) is 10.7. The van der Waals surface area contributed by atoms with Crippen LogP contribution in [0.15, 0.2) is 60.8 Å². The fourth-order valence-electron chi connectivity index (χ4n) is 2.87. The van der Waals surface area contributed by atoms with Crippen LogP contribution in [0.5, 0.6) is 0 Å². The maximum absolute atomic E-state index is 12.4. The molecule has 0 spiro atoms. The summed E-state index contributed by atoms with van der Waals surface area (Å²) in [5, 5.41) is 0.672. The van der Waals surface area contributed by atoms with E-state index in [0.717, 1.165) is 33.5 Å². The van der Waals surface area contributed by atoms with Crippen LogP contribution in [0.1, 0.15) is 22.4 Å². The minimum absolute atomic E-state index is 0.192. The molecule has 0 saturated heterocycles. The average molecular weight is 350 g/mol. The van der Waals surface area contributed by atoms with E-state index in [-0.39, 0.29) is 5.78 Å². The van der Waals surface area contributed by atoms with Crippen molar-refractivity contribution in [1.82, 2.24) is 4.98 Å². The highest BCUT2D eigenvalue weighted by atomic mass is 35.5. The lowest BCUT2D eigenvalue weighted by atomic mass is 9.98. The van der Waals surface area contributed by atoms with Gasteiger partial charge in [-0.05, 0) is 65.9 Å². The van der Waals surface area contributed by atoms with Gasteiger partial charge in [-0.1, -0.05) is 41.9 Å². The Kier molecular flexibility index (Phi) is 5.30. The molecule has 0 saturated carbocycles. The van der Waals surface area contributed by atoms with Gasteiger partial charge in [0.05, 0.1) is 0 Å². The lowest BCUT2D eigenvalue weighted by Crippen LogP contribution is -2.07. The number of aryl methyl sites for hydroxylation is 2. The summed E-state index contributed by atoms with van der Waals surface area (Å²) >= 11 is 6.03. The first-order chi connectivity index (χ1) is 12.0. The van der Waals surface area contributed by atoms with Crippen molar-refractivity contribution in [2.24, 2.45) is 0 Å². The van der Waals surface area contributed by atoms with Gasteiger partial charge in [0, 0.05) is 29.8 Å². The molecule has 2 aromatic carbocycles. The summed E-state index contributed by atoms with van der Waals surface area (Å²) < 4.78 is 0. The summed E-state index contributed by atoms with van der Waals surface area (Å²) in [6.07, 6.45) is 2.66. The zero-order valence-corrected chi connectivity index (χ0v) is 15.2. The number of halogens is 1. The highest BCUT2D eigenvalue weighted by molar-refractivity contribution is 6.30. The molecule has 0 N–H and O–H groups in total. The van der Waals surface area contributed by atoms with Crippen molar-refractivity contribution in [3.8, 4) is 11.1 Å². The Bertz CT molecular complexity index is 900. The highest BCUT2D eigenvalue weighted by Crippen LogP contribution is 2.21. The van der Waals surface area contributed by atoms with Gasteiger partial charge in [0.2, 0.25) is 0 Å². The van der Waals surface area contributed by atoms with Gasteiger partial charge in [-0.15, -0.1) is 0 Å². The SMILES string of the molecule is Cc1cc(-c2ccc(CC(=O)Cc3cc(Cl)ccc3C)cc2)ccn1. The van der Waals surface area contributed by atoms with Gasteiger partial charge >= 0.3 is 0 Å². The third-order valence-corrected chi connectivity index (χ3v) is 4.52. The number of pyridine rings is 1. The molecular formula is C22H20ClNO. The van der Waals surface area contributed by atoms with E-state index in [1.807, 2.05) is 56.4 Å². The average Bonchev–Trinajstić information content (AvgIpc) is 2.59. The van der Waals surface area contributed by atoms with Crippen molar-refractivity contribution in [2.45, 2.75) is 26.7 Å². The molecule has 2 nitrogen and oxygen atoms in total. The Morgan fingerprint density at radius 3 is 2.40 bits per heavy atom. The molecule has 0 radical (unpaired) electrons. The molecule has 3 rings (SSSR count). The molecular weight excluding hydrogens is 330 g/mol. The first-order valence-electron chi connectivity index (χ1n) is 8.30. The Labute approximate surface area is 153 Å². The summed E-state index contributed by atoms with van der Waals surface area (Å²) in [4.78, 5) is 16.6. The van der Waals surface area contributed by atoms with Crippen LogP contribution >= 0.6 is 11.6 Å². The smallest absolute Gasteiger partial charge is 0.141 e. The molecule has 0 atom stereocenters. The third kappa shape index (κ3) is 4.55. The number of hydrogen-bond donors (Lipinski definition) is 0. The Morgan fingerprint density at radius 1 is 0.920 bits per heavy atom. The standard InChI is InChI=1S/C22H20ClNO/c1-15-3-8-21(23)13-20(15)14-22(25)12-17-4-6-18(7-5-17)19-9-10-24-16(2)11-19/h3-11,13H,12,14H2,1-2H3. The fraction of sp³-hybridized carbons (Fsp3) is 0.182. The predicted octanol–water partition coefficient (Wildman–Crippen LogP) is 5.37. The van der Waals surface area contributed by atoms with Gasteiger partial charge in [-0.2, -0.15) is 0 Å². The largest absolute Gasteiger partial charge is 0.299 e. The Morgan fingerprint density at radius 2 is 1.68 bits per heavy atom. The van der Waals surface area contributed by atoms with E-state index in [4.69, 9.17) is 11.6 Å². The van der Waals surface area contributed by atoms with E-state index < -0.39 is 0 Å². The van der Waals surface area contributed by atoms with E-state index in [9.17, 15) is 4.79 Å². The van der Waals surface area contributed by atoms with Crippen LogP contribution in [0.4, 0.5) is 0 Å². The van der Waals surface area contributed by atoms with E-state index in [1.54, 1.807) is 0 Å². The summed E-state index contributed by atoms with van der Waals surface area (Å²) in [7, 11) is 0. The first kappa shape index (κ1) is 17.4. The summed E-state index contributed by atoms with van der Waals surface area (Å²) in [6.45, 7) is 3.98. The summed E-state index contributed by atoms with van der Waals surface area (Å²) in [6, 6.07) is 17.9. The lowest BCUT2D eigenvalue weighted by Gasteiger charge is -2.07. The van der Waals surface area contributed by atoms with Crippen molar-refractivity contribution >= 4 is 17.4 Å². The minimum atomic E-state index is 0.192. The topological polar surface area (TPSA) is 30.0 Å². The van der Waals surface area contributed by atoms with Gasteiger partial charge in [0.1, 0.15) is 5.78 Å². The predicted molar refractivity (Wildman–Crippen MR) is 103 cm³/mol. The van der Waals surface area contributed by atoms with E-state index in [2.05, 4.69) is 23.2 Å². The van der Waals surface area contributed by atoms with Crippen LogP contribution in [-0.2, 0) is 17.6 Å². The Hall–Kier alpha value is -2.45. The van der Waals surface area contributed by atoms with Gasteiger partial charge in [-0.3, -0.25) is 9.78 Å². The lowest BCUT2D eigenvalue weighted by molar-refractivity contribution is -0.117. The van der Waals surface area contributed by atoms with Crippen LogP contribution in [0.2, 0.25) is 5.02 Å². The number of carbonyl (C=O) groups excluding carboxylic acids is 1.